The van der Waals surface area contributed by atoms with Crippen molar-refractivity contribution in [3.8, 4) is 0 Å². The molecule has 0 amide bonds. The van der Waals surface area contributed by atoms with Gasteiger partial charge in [0.1, 0.15) is 5.71 Å². The number of allylic oxidation sites excluding steroid dienone is 4. The molecule has 0 saturated carbocycles. The van der Waals surface area contributed by atoms with Gasteiger partial charge in [-0.3, -0.25) is 4.79 Å². The van der Waals surface area contributed by atoms with Crippen LogP contribution in [0.3, 0.4) is 0 Å². The average molecular weight is 374 g/mol. The van der Waals surface area contributed by atoms with Gasteiger partial charge in [0.15, 0.2) is 5.78 Å². The fourth-order valence-electron chi connectivity index (χ4n) is 2.55. The third-order valence-corrected chi connectivity index (χ3v) is 4.35. The number of nitrogens with zero attached hydrogens (tertiary/aromatic N) is 1. The lowest BCUT2D eigenvalue weighted by molar-refractivity contribution is -0.114. The van der Waals surface area contributed by atoms with Crippen LogP contribution < -0.4 is 0 Å². The van der Waals surface area contributed by atoms with Gasteiger partial charge in [0.05, 0.1) is 10.6 Å². The second kappa shape index (κ2) is 7.20. The van der Waals surface area contributed by atoms with Gasteiger partial charge in [-0.15, -0.1) is 0 Å². The summed E-state index contributed by atoms with van der Waals surface area (Å²) in [5, 5.41) is 4.27. The average Bonchev–Trinajstić information content (AvgIpc) is 2.51. The van der Waals surface area contributed by atoms with Crippen molar-refractivity contribution in [2.24, 2.45) is 16.0 Å². The van der Waals surface area contributed by atoms with Gasteiger partial charge in [0.25, 0.3) is 0 Å². The number of ketones is 1. The second-order valence-electron chi connectivity index (χ2n) is 8.32. The molecule has 0 saturated heterocycles. The summed E-state index contributed by atoms with van der Waals surface area (Å²) in [7, 11) is 0. The van der Waals surface area contributed by atoms with Crippen LogP contribution in [-0.4, -0.2) is 17.5 Å². The standard InChI is InChI=1S/C21H24ClNO3/c1-20(2,3)15-11-13(12-16(18(15)24)21(4,5)6)23-26-19(25)14-9-7-8-10-17(14)22/h7-12H,1-6H3. The van der Waals surface area contributed by atoms with E-state index >= 15 is 0 Å². The summed E-state index contributed by atoms with van der Waals surface area (Å²) < 4.78 is 0. The van der Waals surface area contributed by atoms with Gasteiger partial charge in [-0.05, 0) is 35.1 Å². The van der Waals surface area contributed by atoms with Crippen molar-refractivity contribution in [1.82, 2.24) is 0 Å². The van der Waals surface area contributed by atoms with E-state index in [1.807, 2.05) is 41.5 Å². The van der Waals surface area contributed by atoms with Gasteiger partial charge in [-0.1, -0.05) is 70.4 Å². The van der Waals surface area contributed by atoms with Crippen LogP contribution in [-0.2, 0) is 9.63 Å². The molecule has 0 bridgehead atoms. The fourth-order valence-corrected chi connectivity index (χ4v) is 2.76. The van der Waals surface area contributed by atoms with E-state index in [4.69, 9.17) is 16.4 Å². The van der Waals surface area contributed by atoms with Crippen LogP contribution >= 0.6 is 11.6 Å². The maximum atomic E-state index is 12.9. The Hall–Kier alpha value is -2.20. The van der Waals surface area contributed by atoms with Crippen LogP contribution in [0.1, 0.15) is 51.9 Å². The van der Waals surface area contributed by atoms with E-state index in [2.05, 4.69) is 5.16 Å². The summed E-state index contributed by atoms with van der Waals surface area (Å²) in [6.07, 6.45) is 3.36. The molecule has 0 spiro atoms. The number of benzene rings is 1. The molecular formula is C21H24ClNO3. The lowest BCUT2D eigenvalue weighted by Crippen LogP contribution is -2.29. The van der Waals surface area contributed by atoms with E-state index < -0.39 is 5.97 Å². The highest BCUT2D eigenvalue weighted by Gasteiger charge is 2.34. The molecule has 0 aliphatic heterocycles. The Morgan fingerprint density at radius 1 is 0.962 bits per heavy atom. The Kier molecular flexibility index (Phi) is 5.57. The van der Waals surface area contributed by atoms with Crippen LogP contribution in [0.15, 0.2) is 52.7 Å². The molecule has 0 radical (unpaired) electrons. The summed E-state index contributed by atoms with van der Waals surface area (Å²) in [6, 6.07) is 6.61. The van der Waals surface area contributed by atoms with Crippen molar-refractivity contribution in [1.29, 1.82) is 0 Å². The van der Waals surface area contributed by atoms with Gasteiger partial charge < -0.3 is 4.84 Å². The Morgan fingerprint density at radius 3 is 1.92 bits per heavy atom. The van der Waals surface area contributed by atoms with Crippen LogP contribution in [0, 0.1) is 10.8 Å². The molecule has 0 atom stereocenters. The maximum absolute atomic E-state index is 12.9. The van der Waals surface area contributed by atoms with E-state index in [1.54, 1.807) is 36.4 Å². The second-order valence-corrected chi connectivity index (χ2v) is 8.73. The predicted molar refractivity (Wildman–Crippen MR) is 104 cm³/mol. The van der Waals surface area contributed by atoms with Gasteiger partial charge in [-0.2, -0.15) is 0 Å². The maximum Gasteiger partial charge on any atom is 0.367 e. The smallest absolute Gasteiger partial charge is 0.312 e. The van der Waals surface area contributed by atoms with Crippen molar-refractivity contribution < 1.29 is 14.4 Å². The zero-order valence-corrected chi connectivity index (χ0v) is 16.8. The van der Waals surface area contributed by atoms with Crippen molar-refractivity contribution in [2.45, 2.75) is 41.5 Å². The van der Waals surface area contributed by atoms with Crippen LogP contribution in [0.5, 0.6) is 0 Å². The minimum absolute atomic E-state index is 0.00128. The molecule has 2 rings (SSSR count). The molecule has 138 valence electrons. The molecule has 26 heavy (non-hydrogen) atoms. The molecule has 5 heteroatoms. The Bertz CT molecular complexity index is 798. The van der Waals surface area contributed by atoms with E-state index in [0.717, 1.165) is 0 Å². The Morgan fingerprint density at radius 2 is 1.46 bits per heavy atom. The number of oxime groups is 1. The number of rotatable bonds is 2. The predicted octanol–water partition coefficient (Wildman–Crippen LogP) is 5.38. The van der Waals surface area contributed by atoms with Gasteiger partial charge in [0.2, 0.25) is 0 Å². The number of halogens is 1. The van der Waals surface area contributed by atoms with Gasteiger partial charge in [-0.25, -0.2) is 4.79 Å². The highest BCUT2D eigenvalue weighted by molar-refractivity contribution is 6.33. The SMILES string of the molecule is CC(C)(C)C1=CC(=NOC(=O)c2ccccc2Cl)C=C(C(C)(C)C)C1=O. The molecule has 0 unspecified atom stereocenters. The van der Waals surface area contributed by atoms with Crippen molar-refractivity contribution >= 4 is 29.1 Å². The van der Waals surface area contributed by atoms with E-state index in [0.29, 0.717) is 21.9 Å². The zero-order chi connectivity index (χ0) is 19.7. The largest absolute Gasteiger partial charge is 0.367 e. The lowest BCUT2D eigenvalue weighted by atomic mass is 9.72. The summed E-state index contributed by atoms with van der Waals surface area (Å²) in [6.45, 7) is 11.8. The number of hydrogen-bond acceptors (Lipinski definition) is 4. The van der Waals surface area contributed by atoms with Gasteiger partial charge in [0, 0.05) is 11.1 Å². The molecular weight excluding hydrogens is 350 g/mol. The third-order valence-electron chi connectivity index (χ3n) is 4.02. The minimum atomic E-state index is -0.642. The molecule has 1 aliphatic rings. The van der Waals surface area contributed by atoms with Crippen LogP contribution in [0.4, 0.5) is 0 Å². The third kappa shape index (κ3) is 4.50. The fraction of sp³-hybridized carbons (Fsp3) is 0.381. The first kappa shape index (κ1) is 20.1. The Balaban J connectivity index is 2.39. The van der Waals surface area contributed by atoms with Crippen LogP contribution in [0.2, 0.25) is 5.02 Å². The number of Topliss-reactive ketones (excluding diaryl/α,β-unsaturated/α-hetero) is 1. The normalized spacial score (nSPS) is 15.3. The molecule has 1 aliphatic carbocycles. The van der Waals surface area contributed by atoms with E-state index in [9.17, 15) is 9.59 Å². The minimum Gasteiger partial charge on any atom is -0.312 e. The topological polar surface area (TPSA) is 55.7 Å². The monoisotopic (exact) mass is 373 g/mol. The summed E-state index contributed by atoms with van der Waals surface area (Å²) in [5.74, 6) is -0.641. The number of carbonyl (C=O) groups excluding carboxylic acids is 2. The summed E-state index contributed by atoms with van der Waals surface area (Å²) >= 11 is 6.01. The number of carbonyl (C=O) groups is 2. The van der Waals surface area contributed by atoms with Crippen LogP contribution in [0.25, 0.3) is 0 Å². The van der Waals surface area contributed by atoms with Gasteiger partial charge >= 0.3 is 5.97 Å². The molecule has 4 nitrogen and oxygen atoms in total. The summed E-state index contributed by atoms with van der Waals surface area (Å²) in [5.41, 5.74) is 1.24. The molecule has 1 aromatic rings. The first-order chi connectivity index (χ1) is 11.9. The Labute approximate surface area is 159 Å². The quantitative estimate of drug-likeness (QED) is 0.397. The molecule has 0 fully saturated rings. The van der Waals surface area contributed by atoms with E-state index in [1.165, 1.54) is 0 Å². The lowest BCUT2D eigenvalue weighted by Gasteiger charge is -2.30. The van der Waals surface area contributed by atoms with Crippen molar-refractivity contribution in [3.63, 3.8) is 0 Å². The highest BCUT2D eigenvalue weighted by Crippen LogP contribution is 2.37. The summed E-state index contributed by atoms with van der Waals surface area (Å²) in [4.78, 5) is 30.1. The highest BCUT2D eigenvalue weighted by atomic mass is 35.5. The molecule has 1 aromatic carbocycles. The van der Waals surface area contributed by atoms with Crippen molar-refractivity contribution in [2.75, 3.05) is 0 Å². The molecule has 0 aromatic heterocycles. The first-order valence-corrected chi connectivity index (χ1v) is 8.82. The first-order valence-electron chi connectivity index (χ1n) is 8.44. The number of hydrogen-bond donors (Lipinski definition) is 0. The molecule has 0 heterocycles. The van der Waals surface area contributed by atoms with E-state index in [-0.39, 0.29) is 22.2 Å². The van der Waals surface area contributed by atoms with Crippen molar-refractivity contribution in [3.05, 3.63) is 58.1 Å². The molecule has 0 N–H and O–H groups in total. The zero-order valence-electron chi connectivity index (χ0n) is 16.0.